The van der Waals surface area contributed by atoms with Gasteiger partial charge >= 0.3 is 5.97 Å². The highest BCUT2D eigenvalue weighted by molar-refractivity contribution is 9.10. The summed E-state index contributed by atoms with van der Waals surface area (Å²) in [6.45, 7) is 1.55. The number of benzene rings is 1. The van der Waals surface area contributed by atoms with Crippen molar-refractivity contribution in [3.8, 4) is 5.69 Å². The Morgan fingerprint density at radius 1 is 1.50 bits per heavy atom. The predicted octanol–water partition coefficient (Wildman–Crippen LogP) is 2.13. The second-order valence-electron chi connectivity index (χ2n) is 3.84. The molecule has 18 heavy (non-hydrogen) atoms. The van der Waals surface area contributed by atoms with Crippen LogP contribution < -0.4 is 0 Å². The fourth-order valence-corrected chi connectivity index (χ4v) is 2.18. The molecule has 5 nitrogen and oxygen atoms in total. The van der Waals surface area contributed by atoms with Gasteiger partial charge in [-0.25, -0.2) is 9.48 Å². The monoisotopic (exact) mass is 310 g/mol. The third kappa shape index (κ3) is 2.30. The molecule has 0 saturated carbocycles. The molecule has 0 aliphatic rings. The molecule has 1 aromatic carbocycles. The molecule has 94 valence electrons. The first kappa shape index (κ1) is 12.8. The third-order valence-electron chi connectivity index (χ3n) is 2.57. The number of aryl methyl sites for hydroxylation is 1. The highest BCUT2D eigenvalue weighted by Gasteiger charge is 2.16. The molecular weight excluding hydrogens is 300 g/mol. The van der Waals surface area contributed by atoms with Gasteiger partial charge in [-0.15, -0.1) is 0 Å². The summed E-state index contributed by atoms with van der Waals surface area (Å²) < 4.78 is 2.41. The summed E-state index contributed by atoms with van der Waals surface area (Å²) >= 11 is 3.36. The van der Waals surface area contributed by atoms with Gasteiger partial charge < -0.3 is 10.2 Å². The van der Waals surface area contributed by atoms with E-state index in [9.17, 15) is 4.79 Å². The summed E-state index contributed by atoms with van der Waals surface area (Å²) in [6.07, 6.45) is 1.53. The van der Waals surface area contributed by atoms with Gasteiger partial charge in [-0.05, 0) is 30.7 Å². The Bertz CT molecular complexity index is 607. The number of nitrogens with zero attached hydrogens (tertiary/aromatic N) is 2. The summed E-state index contributed by atoms with van der Waals surface area (Å²) in [4.78, 5) is 11.0. The van der Waals surface area contributed by atoms with Crippen LogP contribution in [0.15, 0.2) is 28.9 Å². The maximum absolute atomic E-state index is 11.0. The molecule has 0 radical (unpaired) electrons. The van der Waals surface area contributed by atoms with Gasteiger partial charge in [-0.3, -0.25) is 0 Å². The van der Waals surface area contributed by atoms with Crippen LogP contribution in [0, 0.1) is 6.92 Å². The van der Waals surface area contributed by atoms with Crippen molar-refractivity contribution in [3.63, 3.8) is 0 Å². The van der Waals surface area contributed by atoms with Gasteiger partial charge in [0.05, 0.1) is 12.3 Å². The van der Waals surface area contributed by atoms with Crippen LogP contribution in [0.1, 0.15) is 21.6 Å². The number of carboxylic acids is 1. The van der Waals surface area contributed by atoms with E-state index in [2.05, 4.69) is 21.0 Å². The highest BCUT2D eigenvalue weighted by atomic mass is 79.9. The lowest BCUT2D eigenvalue weighted by molar-refractivity contribution is 0.0686. The van der Waals surface area contributed by atoms with Crippen LogP contribution in [0.3, 0.4) is 0 Å². The van der Waals surface area contributed by atoms with Gasteiger partial charge in [0.25, 0.3) is 0 Å². The van der Waals surface area contributed by atoms with Gasteiger partial charge in [-0.2, -0.15) is 5.10 Å². The van der Waals surface area contributed by atoms with Crippen molar-refractivity contribution >= 4 is 21.9 Å². The Hall–Kier alpha value is -1.66. The smallest absolute Gasteiger partial charge is 0.356 e. The van der Waals surface area contributed by atoms with E-state index in [0.29, 0.717) is 5.56 Å². The minimum absolute atomic E-state index is 0.125. The molecular formula is C12H11BrN2O3. The largest absolute Gasteiger partial charge is 0.476 e. The number of carboxylic acid groups (broad SMARTS) is 1. The molecule has 0 bridgehead atoms. The Morgan fingerprint density at radius 3 is 2.72 bits per heavy atom. The molecule has 1 aromatic heterocycles. The van der Waals surface area contributed by atoms with Crippen molar-refractivity contribution in [1.29, 1.82) is 0 Å². The maximum atomic E-state index is 11.0. The first-order chi connectivity index (χ1) is 8.52. The second-order valence-corrected chi connectivity index (χ2v) is 4.76. The molecule has 0 aliphatic carbocycles. The quantitative estimate of drug-likeness (QED) is 0.910. The van der Waals surface area contributed by atoms with Gasteiger partial charge in [0, 0.05) is 16.2 Å². The Kier molecular flexibility index (Phi) is 3.49. The van der Waals surface area contributed by atoms with Gasteiger partial charge in [0.2, 0.25) is 0 Å². The Morgan fingerprint density at radius 2 is 2.22 bits per heavy atom. The second kappa shape index (κ2) is 4.91. The summed E-state index contributed by atoms with van der Waals surface area (Å²) in [5.74, 6) is -1.15. The lowest BCUT2D eigenvalue weighted by Crippen LogP contribution is -2.03. The van der Waals surface area contributed by atoms with E-state index in [1.54, 1.807) is 0 Å². The average Bonchev–Trinajstić information content (AvgIpc) is 2.73. The number of aromatic nitrogens is 2. The van der Waals surface area contributed by atoms with Crippen molar-refractivity contribution in [3.05, 3.63) is 45.7 Å². The highest BCUT2D eigenvalue weighted by Crippen LogP contribution is 2.20. The topological polar surface area (TPSA) is 75.4 Å². The Balaban J connectivity index is 2.54. The SMILES string of the molecule is Cc1cc(Br)ccc1-n1cc(CO)c(C(=O)O)n1. The molecule has 0 spiro atoms. The lowest BCUT2D eigenvalue weighted by atomic mass is 10.2. The summed E-state index contributed by atoms with van der Waals surface area (Å²) in [7, 11) is 0. The van der Waals surface area contributed by atoms with Gasteiger partial charge in [0.15, 0.2) is 5.69 Å². The fourth-order valence-electron chi connectivity index (χ4n) is 1.70. The van der Waals surface area contributed by atoms with Gasteiger partial charge in [-0.1, -0.05) is 15.9 Å². The summed E-state index contributed by atoms with van der Waals surface area (Å²) in [5, 5.41) is 22.1. The molecule has 0 aliphatic heterocycles. The van der Waals surface area contributed by atoms with Gasteiger partial charge in [0.1, 0.15) is 0 Å². The predicted molar refractivity (Wildman–Crippen MR) is 68.9 cm³/mol. The molecule has 1 heterocycles. The average molecular weight is 311 g/mol. The number of aliphatic hydroxyl groups is 1. The zero-order valence-electron chi connectivity index (χ0n) is 9.59. The van der Waals surface area contributed by atoms with Crippen LogP contribution in [0.25, 0.3) is 5.69 Å². The van der Waals surface area contributed by atoms with Crippen molar-refractivity contribution in [2.24, 2.45) is 0 Å². The number of rotatable bonds is 3. The van der Waals surface area contributed by atoms with Crippen molar-refractivity contribution in [2.45, 2.75) is 13.5 Å². The van der Waals surface area contributed by atoms with E-state index in [1.165, 1.54) is 10.9 Å². The number of aromatic carboxylic acids is 1. The molecule has 0 unspecified atom stereocenters. The van der Waals surface area contributed by atoms with E-state index in [0.717, 1.165) is 15.7 Å². The third-order valence-corrected chi connectivity index (χ3v) is 3.06. The molecule has 0 fully saturated rings. The van der Waals surface area contributed by atoms with Crippen molar-refractivity contribution in [1.82, 2.24) is 9.78 Å². The van der Waals surface area contributed by atoms with Crippen molar-refractivity contribution in [2.75, 3.05) is 0 Å². The van der Waals surface area contributed by atoms with Crippen LogP contribution in [-0.4, -0.2) is 26.0 Å². The summed E-state index contributed by atoms with van der Waals surface area (Å²) in [5.41, 5.74) is 1.90. The van der Waals surface area contributed by atoms with Crippen LogP contribution in [0.2, 0.25) is 0 Å². The molecule has 0 amide bonds. The number of hydrogen-bond acceptors (Lipinski definition) is 3. The number of carbonyl (C=O) groups is 1. The first-order valence-corrected chi connectivity index (χ1v) is 6.01. The van der Waals surface area contributed by atoms with E-state index in [1.807, 2.05) is 25.1 Å². The Labute approximate surface area is 112 Å². The number of aliphatic hydroxyl groups excluding tert-OH is 1. The number of hydrogen-bond donors (Lipinski definition) is 2. The van der Waals surface area contributed by atoms with Crippen LogP contribution in [0.4, 0.5) is 0 Å². The lowest BCUT2D eigenvalue weighted by Gasteiger charge is -2.05. The zero-order chi connectivity index (χ0) is 13.3. The van der Waals surface area contributed by atoms with E-state index < -0.39 is 5.97 Å². The van der Waals surface area contributed by atoms with E-state index in [-0.39, 0.29) is 12.3 Å². The normalized spacial score (nSPS) is 10.6. The van der Waals surface area contributed by atoms with Crippen molar-refractivity contribution < 1.29 is 15.0 Å². The molecule has 0 atom stereocenters. The van der Waals surface area contributed by atoms with Crippen LogP contribution in [0.5, 0.6) is 0 Å². The molecule has 2 N–H and O–H groups in total. The van der Waals surface area contributed by atoms with E-state index >= 15 is 0 Å². The minimum atomic E-state index is -1.15. The number of halogens is 1. The van der Waals surface area contributed by atoms with E-state index in [4.69, 9.17) is 10.2 Å². The minimum Gasteiger partial charge on any atom is -0.476 e. The molecule has 0 saturated heterocycles. The molecule has 6 heteroatoms. The summed E-state index contributed by atoms with van der Waals surface area (Å²) in [6, 6.07) is 5.60. The zero-order valence-corrected chi connectivity index (χ0v) is 11.2. The molecule has 2 rings (SSSR count). The first-order valence-electron chi connectivity index (χ1n) is 5.22. The standard InChI is InChI=1S/C12H11BrN2O3/c1-7-4-9(13)2-3-10(7)15-5-8(6-16)11(14-15)12(17)18/h2-5,16H,6H2,1H3,(H,17,18). The maximum Gasteiger partial charge on any atom is 0.356 e. The molecule has 2 aromatic rings. The fraction of sp³-hybridized carbons (Fsp3) is 0.167. The van der Waals surface area contributed by atoms with Crippen LogP contribution >= 0.6 is 15.9 Å². The van der Waals surface area contributed by atoms with Crippen LogP contribution in [-0.2, 0) is 6.61 Å².